The zero-order valence-corrected chi connectivity index (χ0v) is 16.8. The summed E-state index contributed by atoms with van der Waals surface area (Å²) in [5.41, 5.74) is 22.4. The molecule has 4 aromatic rings. The first-order chi connectivity index (χ1) is 14.7. The number of fused-ring (bicyclic) bond motifs is 10. The number of aromatic nitrogens is 2. The van der Waals surface area contributed by atoms with Crippen LogP contribution in [0.3, 0.4) is 0 Å². The molecule has 148 valence electrons. The molecule has 2 bridgehead atoms. The van der Waals surface area contributed by atoms with Gasteiger partial charge in [0.15, 0.2) is 0 Å². The summed E-state index contributed by atoms with van der Waals surface area (Å²) in [4.78, 5) is 10.2. The van der Waals surface area contributed by atoms with Gasteiger partial charge in [-0.3, -0.25) is 9.97 Å². The zero-order valence-electron chi connectivity index (χ0n) is 16.8. The van der Waals surface area contributed by atoms with E-state index in [1.54, 1.807) is 0 Å². The summed E-state index contributed by atoms with van der Waals surface area (Å²) < 4.78 is 0. The molecule has 4 heteroatoms. The van der Waals surface area contributed by atoms with Crippen molar-refractivity contribution in [3.63, 3.8) is 0 Å². The monoisotopic (exact) mass is 392 g/mol. The summed E-state index contributed by atoms with van der Waals surface area (Å²) in [6, 6.07) is 16.6. The highest BCUT2D eigenvalue weighted by Crippen LogP contribution is 2.59. The molecule has 0 saturated heterocycles. The molecule has 1 saturated carbocycles. The number of nitrogens with zero attached hydrogens (tertiary/aromatic N) is 2. The van der Waals surface area contributed by atoms with Crippen LogP contribution in [0, 0.1) is 5.92 Å². The molecule has 0 spiro atoms. The van der Waals surface area contributed by atoms with Crippen LogP contribution >= 0.6 is 0 Å². The Bertz CT molecular complexity index is 1360. The fourth-order valence-corrected chi connectivity index (χ4v) is 6.68. The lowest BCUT2D eigenvalue weighted by atomic mass is 9.81. The second-order valence-corrected chi connectivity index (χ2v) is 9.42. The highest BCUT2D eigenvalue weighted by atomic mass is 14.8. The Morgan fingerprint density at radius 2 is 1.37 bits per heavy atom. The quantitative estimate of drug-likeness (QED) is 0.427. The summed E-state index contributed by atoms with van der Waals surface area (Å²) in [6.45, 7) is 0. The lowest BCUT2D eigenvalue weighted by Crippen LogP contribution is -2.14. The van der Waals surface area contributed by atoms with Crippen LogP contribution in [0.4, 0.5) is 11.4 Å². The van der Waals surface area contributed by atoms with Gasteiger partial charge in [-0.05, 0) is 55.2 Å². The van der Waals surface area contributed by atoms with E-state index >= 15 is 0 Å². The minimum atomic E-state index is 0.465. The second-order valence-electron chi connectivity index (χ2n) is 9.42. The molecule has 2 aromatic carbocycles. The molecule has 4 atom stereocenters. The number of para-hydroxylation sites is 2. The van der Waals surface area contributed by atoms with Gasteiger partial charge in [-0.25, -0.2) is 0 Å². The molecule has 30 heavy (non-hydrogen) atoms. The van der Waals surface area contributed by atoms with Crippen LogP contribution in [-0.2, 0) is 6.42 Å². The van der Waals surface area contributed by atoms with Crippen LogP contribution in [0.1, 0.15) is 59.5 Å². The minimum Gasteiger partial charge on any atom is -0.398 e. The van der Waals surface area contributed by atoms with Gasteiger partial charge in [0.1, 0.15) is 0 Å². The molecule has 3 aliphatic carbocycles. The number of pyridine rings is 2. The standard InChI is InChI=1S/C26H24N4/c27-23-16-5-1-3-7-20(16)30-26-18-12-15-10-14(9-13(18)11-19(23)26)22-24(28)17-6-2-4-8-21(17)29-25(15)22/h1-8,13-15,18H,9-12H2,(H2,27,30)(H2,28,29)/t13-,14?,15?,18?/m1/s1. The molecular formula is C26H24N4. The van der Waals surface area contributed by atoms with Crippen molar-refractivity contribution in [2.75, 3.05) is 11.5 Å². The number of anilines is 2. The van der Waals surface area contributed by atoms with Crippen LogP contribution in [0.15, 0.2) is 48.5 Å². The van der Waals surface area contributed by atoms with E-state index in [0.29, 0.717) is 23.7 Å². The van der Waals surface area contributed by atoms with Crippen molar-refractivity contribution in [3.8, 4) is 0 Å². The van der Waals surface area contributed by atoms with E-state index in [0.717, 1.165) is 52.4 Å². The minimum absolute atomic E-state index is 0.465. The largest absolute Gasteiger partial charge is 0.398 e. The Balaban J connectivity index is 1.38. The predicted molar refractivity (Wildman–Crippen MR) is 122 cm³/mol. The first-order valence-corrected chi connectivity index (χ1v) is 11.0. The van der Waals surface area contributed by atoms with E-state index in [1.165, 1.54) is 28.9 Å². The molecular weight excluding hydrogens is 368 g/mol. The summed E-state index contributed by atoms with van der Waals surface area (Å²) in [5, 5.41) is 2.20. The number of hydrogen-bond donors (Lipinski definition) is 2. The third kappa shape index (κ3) is 2.06. The third-order valence-electron chi connectivity index (χ3n) is 7.95. The highest BCUT2D eigenvalue weighted by Gasteiger charge is 2.46. The average Bonchev–Trinajstić information content (AvgIpc) is 3.20. The molecule has 3 unspecified atom stereocenters. The van der Waals surface area contributed by atoms with Crippen molar-refractivity contribution in [1.29, 1.82) is 0 Å². The Morgan fingerprint density at radius 3 is 2.13 bits per heavy atom. The molecule has 7 rings (SSSR count). The van der Waals surface area contributed by atoms with Crippen LogP contribution in [-0.4, -0.2) is 9.97 Å². The third-order valence-corrected chi connectivity index (χ3v) is 7.95. The first-order valence-electron chi connectivity index (χ1n) is 11.0. The zero-order chi connectivity index (χ0) is 20.0. The van der Waals surface area contributed by atoms with E-state index in [9.17, 15) is 0 Å². The molecule has 0 amide bonds. The Labute approximate surface area is 175 Å². The molecule has 2 aromatic heterocycles. The SMILES string of the molecule is Nc1c2c(nc3ccccc13)C1CC3CC(C[C@@H]1C2)c1c3nc2ccccc2c1N. The van der Waals surface area contributed by atoms with Crippen molar-refractivity contribution in [3.05, 3.63) is 71.0 Å². The van der Waals surface area contributed by atoms with Gasteiger partial charge in [0.2, 0.25) is 0 Å². The number of nitrogen functional groups attached to an aromatic ring is 2. The van der Waals surface area contributed by atoms with Gasteiger partial charge in [0, 0.05) is 50.9 Å². The smallest absolute Gasteiger partial charge is 0.0726 e. The normalized spacial score (nSPS) is 26.4. The first kappa shape index (κ1) is 16.6. The Hall–Kier alpha value is -3.14. The molecule has 0 aliphatic heterocycles. The highest BCUT2D eigenvalue weighted by molar-refractivity contribution is 5.93. The van der Waals surface area contributed by atoms with Gasteiger partial charge in [0.25, 0.3) is 0 Å². The molecule has 4 nitrogen and oxygen atoms in total. The van der Waals surface area contributed by atoms with Gasteiger partial charge >= 0.3 is 0 Å². The van der Waals surface area contributed by atoms with Crippen molar-refractivity contribution in [1.82, 2.24) is 9.97 Å². The maximum atomic E-state index is 6.72. The van der Waals surface area contributed by atoms with Crippen molar-refractivity contribution in [2.45, 2.75) is 43.4 Å². The molecule has 4 N–H and O–H groups in total. The van der Waals surface area contributed by atoms with E-state index in [1.807, 2.05) is 0 Å². The summed E-state index contributed by atoms with van der Waals surface area (Å²) in [6.07, 6.45) is 4.48. The lowest BCUT2D eigenvalue weighted by Gasteiger charge is -2.25. The summed E-state index contributed by atoms with van der Waals surface area (Å²) in [7, 11) is 0. The van der Waals surface area contributed by atoms with Gasteiger partial charge < -0.3 is 11.5 Å². The number of hydrogen-bond acceptors (Lipinski definition) is 4. The van der Waals surface area contributed by atoms with E-state index in [2.05, 4.69) is 48.5 Å². The van der Waals surface area contributed by atoms with Gasteiger partial charge in [-0.2, -0.15) is 0 Å². The van der Waals surface area contributed by atoms with Crippen LogP contribution < -0.4 is 11.5 Å². The van der Waals surface area contributed by atoms with Crippen LogP contribution in [0.2, 0.25) is 0 Å². The topological polar surface area (TPSA) is 77.8 Å². The van der Waals surface area contributed by atoms with Crippen molar-refractivity contribution in [2.24, 2.45) is 5.92 Å². The predicted octanol–water partition coefficient (Wildman–Crippen LogP) is 5.27. The fraction of sp³-hybridized carbons (Fsp3) is 0.308. The maximum absolute atomic E-state index is 6.72. The van der Waals surface area contributed by atoms with E-state index < -0.39 is 0 Å². The van der Waals surface area contributed by atoms with Crippen LogP contribution in [0.5, 0.6) is 0 Å². The number of benzene rings is 2. The van der Waals surface area contributed by atoms with Crippen molar-refractivity contribution >= 4 is 33.2 Å². The van der Waals surface area contributed by atoms with E-state index in [-0.39, 0.29) is 0 Å². The van der Waals surface area contributed by atoms with Gasteiger partial charge in [-0.1, -0.05) is 36.4 Å². The summed E-state index contributed by atoms with van der Waals surface area (Å²) in [5.74, 6) is 2.04. The fourth-order valence-electron chi connectivity index (χ4n) is 6.68. The Morgan fingerprint density at radius 1 is 0.700 bits per heavy atom. The molecule has 0 radical (unpaired) electrons. The molecule has 2 heterocycles. The molecule has 1 fully saturated rings. The maximum Gasteiger partial charge on any atom is 0.0726 e. The van der Waals surface area contributed by atoms with Crippen LogP contribution in [0.25, 0.3) is 21.8 Å². The number of nitrogens with two attached hydrogens (primary N) is 2. The average molecular weight is 393 g/mol. The van der Waals surface area contributed by atoms with Crippen molar-refractivity contribution < 1.29 is 0 Å². The second kappa shape index (κ2) is 5.72. The Kier molecular flexibility index (Phi) is 3.17. The van der Waals surface area contributed by atoms with E-state index in [4.69, 9.17) is 21.4 Å². The van der Waals surface area contributed by atoms with Gasteiger partial charge in [0.05, 0.1) is 11.0 Å². The summed E-state index contributed by atoms with van der Waals surface area (Å²) >= 11 is 0. The van der Waals surface area contributed by atoms with Gasteiger partial charge in [-0.15, -0.1) is 0 Å². The molecule has 3 aliphatic rings. The number of rotatable bonds is 0. The lowest BCUT2D eigenvalue weighted by molar-refractivity contribution is 0.399.